The fourth-order valence-electron chi connectivity index (χ4n) is 4.73. The number of fused-ring (bicyclic) bond motifs is 1. The maximum absolute atomic E-state index is 11.0. The number of halogens is 1. The topological polar surface area (TPSA) is 140 Å². The van der Waals surface area contributed by atoms with E-state index in [4.69, 9.17) is 30.5 Å². The summed E-state index contributed by atoms with van der Waals surface area (Å²) in [7, 11) is 1.27. The summed E-state index contributed by atoms with van der Waals surface area (Å²) < 4.78 is 22.0. The van der Waals surface area contributed by atoms with Crippen molar-refractivity contribution in [1.82, 2.24) is 10.3 Å². The number of para-hydroxylation sites is 1. The number of pyridine rings is 1. The van der Waals surface area contributed by atoms with Crippen LogP contribution in [0.25, 0.3) is 0 Å². The number of piperidine rings is 1. The molecule has 4 N–H and O–H groups in total. The lowest BCUT2D eigenvalue weighted by Gasteiger charge is -2.38. The predicted octanol–water partition coefficient (Wildman–Crippen LogP) is 1.88. The Balaban J connectivity index is 0.000000197. The molecule has 1 aromatic heterocycles. The van der Waals surface area contributed by atoms with Gasteiger partial charge in [-0.2, -0.15) is 0 Å². The van der Waals surface area contributed by atoms with Gasteiger partial charge in [0, 0.05) is 25.8 Å². The fraction of sp³-hybridized carbons (Fsp3) is 0.538. The van der Waals surface area contributed by atoms with Crippen LogP contribution in [0.2, 0.25) is 5.02 Å². The van der Waals surface area contributed by atoms with E-state index >= 15 is 0 Å². The molecule has 2 aromatic rings. The Hall–Kier alpha value is -2.31. The number of hydrogen-bond acceptors (Lipinski definition) is 10. The van der Waals surface area contributed by atoms with E-state index < -0.39 is 42.3 Å². The minimum atomic E-state index is -1.44. The van der Waals surface area contributed by atoms with Crippen LogP contribution in [0.3, 0.4) is 0 Å². The third-order valence-electron chi connectivity index (χ3n) is 6.79. The van der Waals surface area contributed by atoms with Crippen molar-refractivity contribution in [1.29, 1.82) is 0 Å². The van der Waals surface area contributed by atoms with E-state index in [-0.39, 0.29) is 0 Å². The molecule has 2 fully saturated rings. The van der Waals surface area contributed by atoms with Gasteiger partial charge in [-0.05, 0) is 57.0 Å². The van der Waals surface area contributed by atoms with Gasteiger partial charge in [0.1, 0.15) is 30.1 Å². The first-order valence-electron chi connectivity index (χ1n) is 12.2. The highest BCUT2D eigenvalue weighted by Crippen LogP contribution is 2.48. The monoisotopic (exact) mass is 536 g/mol. The van der Waals surface area contributed by atoms with Gasteiger partial charge in [-0.3, -0.25) is 9.78 Å². The number of aliphatic hydroxyl groups is 3. The van der Waals surface area contributed by atoms with Crippen molar-refractivity contribution >= 4 is 17.4 Å². The number of rotatable bonds is 4. The minimum absolute atomic E-state index is 0.425. The van der Waals surface area contributed by atoms with Crippen LogP contribution in [-0.4, -0.2) is 77.0 Å². The lowest BCUT2D eigenvalue weighted by Crippen LogP contribution is -2.59. The number of carbonyl (C=O) groups is 1. The van der Waals surface area contributed by atoms with Gasteiger partial charge in [0.05, 0.1) is 5.02 Å². The number of carbonyl (C=O) groups excluding carboxylic acids is 1. The van der Waals surface area contributed by atoms with Crippen molar-refractivity contribution in [2.75, 3.05) is 20.2 Å². The molecule has 10 nitrogen and oxygen atoms in total. The molecule has 1 aromatic carbocycles. The molecular formula is C26H33ClN2O8. The van der Waals surface area contributed by atoms with Crippen LogP contribution < -0.4 is 14.8 Å². The molecule has 11 heteroatoms. The highest BCUT2D eigenvalue weighted by Gasteiger charge is 2.45. The van der Waals surface area contributed by atoms with Crippen molar-refractivity contribution in [2.45, 2.75) is 69.1 Å². The van der Waals surface area contributed by atoms with Gasteiger partial charge >= 0.3 is 0 Å². The summed E-state index contributed by atoms with van der Waals surface area (Å²) in [6, 6.07) is 9.80. The summed E-state index contributed by atoms with van der Waals surface area (Å²) in [5.74, 6) is 0.829. The molecule has 0 saturated carbocycles. The minimum Gasteiger partial charge on any atom is -0.443 e. The molecule has 0 spiro atoms. The van der Waals surface area contributed by atoms with Gasteiger partial charge in [0.2, 0.25) is 0 Å². The van der Waals surface area contributed by atoms with Crippen molar-refractivity contribution in [3.8, 4) is 11.5 Å². The second-order valence-corrected chi connectivity index (χ2v) is 9.89. The van der Waals surface area contributed by atoms with Crippen LogP contribution in [0.15, 0.2) is 36.5 Å². The molecule has 0 unspecified atom stereocenters. The Labute approximate surface area is 220 Å². The molecule has 3 aliphatic heterocycles. The van der Waals surface area contributed by atoms with Gasteiger partial charge in [-0.25, -0.2) is 0 Å². The van der Waals surface area contributed by atoms with E-state index in [2.05, 4.69) is 16.4 Å². The van der Waals surface area contributed by atoms with Crippen LogP contribution in [0.5, 0.6) is 11.5 Å². The number of nitrogens with one attached hydrogen (secondary N) is 1. The summed E-state index contributed by atoms with van der Waals surface area (Å²) >= 11 is 5.93. The number of hydrogen-bond donors (Lipinski definition) is 4. The van der Waals surface area contributed by atoms with E-state index in [1.54, 1.807) is 12.3 Å². The maximum atomic E-state index is 11.0. The summed E-state index contributed by atoms with van der Waals surface area (Å²) in [6.07, 6.45) is -2.61. The van der Waals surface area contributed by atoms with Gasteiger partial charge < -0.3 is 39.6 Å². The Kier molecular flexibility index (Phi) is 8.70. The molecule has 202 valence electrons. The highest BCUT2D eigenvalue weighted by molar-refractivity contribution is 6.30. The highest BCUT2D eigenvalue weighted by atomic mass is 35.5. The first-order chi connectivity index (χ1) is 17.6. The zero-order valence-electron chi connectivity index (χ0n) is 21.0. The summed E-state index contributed by atoms with van der Waals surface area (Å²) in [6.45, 7) is 5.22. The van der Waals surface area contributed by atoms with Gasteiger partial charge in [0.25, 0.3) is 5.79 Å². The predicted molar refractivity (Wildman–Crippen MR) is 134 cm³/mol. The molecule has 0 radical (unpaired) electrons. The smallest absolute Gasteiger partial charge is 0.292 e. The largest absolute Gasteiger partial charge is 0.443 e. The Morgan fingerprint density at radius 1 is 1.11 bits per heavy atom. The van der Waals surface area contributed by atoms with Crippen LogP contribution in [-0.2, 0) is 20.1 Å². The zero-order chi connectivity index (χ0) is 26.7. The summed E-state index contributed by atoms with van der Waals surface area (Å²) in [5, 5.41) is 32.1. The van der Waals surface area contributed by atoms with Crippen LogP contribution >= 0.6 is 11.6 Å². The molecule has 2 saturated heterocycles. The molecular weight excluding hydrogens is 504 g/mol. The number of Topliss-reactive ketones (excluding diaryl/α,β-unsaturated/α-hetero) is 1. The molecule has 3 aliphatic rings. The van der Waals surface area contributed by atoms with Gasteiger partial charge in [-0.1, -0.05) is 23.7 Å². The molecule has 0 aliphatic carbocycles. The SMILES string of the molecule is CO[C@@H]1O[C@H](C(C)=O)[C@@H](O)[C@H](O)[C@H]1O.C[C@]1(c2ccc(Cl)cn2)Oc2cccc(C3CCNCC3)c2O1. The number of ketones is 1. The molecule has 0 amide bonds. The standard InChI is InChI=1S/C18H19ClN2O2.C8H14O6/c1-18(16-6-5-13(19)11-21-16)22-15-4-2-3-14(17(15)23-18)12-7-9-20-10-8-12;1-3(9)7-5(11)4(10)6(12)8(13-2)14-7/h2-6,11-12,20H,7-10H2,1H3;4-8,10-12H,1-2H3/t18-;4-,5-,6+,7+,8+/m00/s1. The van der Waals surface area contributed by atoms with Crippen LogP contribution in [0, 0.1) is 0 Å². The Morgan fingerprint density at radius 3 is 2.46 bits per heavy atom. The van der Waals surface area contributed by atoms with E-state index in [0.717, 1.165) is 43.1 Å². The molecule has 6 atom stereocenters. The fourth-order valence-corrected chi connectivity index (χ4v) is 4.84. The van der Waals surface area contributed by atoms with E-state index in [1.165, 1.54) is 19.6 Å². The number of benzene rings is 1. The maximum Gasteiger partial charge on any atom is 0.292 e. The van der Waals surface area contributed by atoms with Crippen LogP contribution in [0.1, 0.15) is 43.9 Å². The second kappa shape index (κ2) is 11.6. The number of aromatic nitrogens is 1. The average Bonchev–Trinajstić information content (AvgIpc) is 3.26. The number of aliphatic hydroxyl groups excluding tert-OH is 3. The second-order valence-electron chi connectivity index (χ2n) is 9.45. The third kappa shape index (κ3) is 5.91. The first kappa shape index (κ1) is 27.7. The third-order valence-corrected chi connectivity index (χ3v) is 7.01. The van der Waals surface area contributed by atoms with Crippen LogP contribution in [0.4, 0.5) is 0 Å². The van der Waals surface area contributed by atoms with Crippen molar-refractivity contribution in [2.24, 2.45) is 0 Å². The molecule has 4 heterocycles. The Morgan fingerprint density at radius 2 is 1.84 bits per heavy atom. The summed E-state index contributed by atoms with van der Waals surface area (Å²) in [5.41, 5.74) is 1.95. The zero-order valence-corrected chi connectivity index (χ0v) is 21.7. The normalized spacial score (nSPS) is 31.4. The van der Waals surface area contributed by atoms with Gasteiger partial charge in [0.15, 0.2) is 23.6 Å². The van der Waals surface area contributed by atoms with E-state index in [9.17, 15) is 20.1 Å². The number of ether oxygens (including phenoxy) is 4. The van der Waals surface area contributed by atoms with Crippen molar-refractivity contribution in [3.63, 3.8) is 0 Å². The van der Waals surface area contributed by atoms with Crippen molar-refractivity contribution < 1.29 is 39.1 Å². The molecule has 0 bridgehead atoms. The molecule has 5 rings (SSSR count). The first-order valence-corrected chi connectivity index (χ1v) is 12.6. The van der Waals surface area contributed by atoms with Gasteiger partial charge in [-0.15, -0.1) is 0 Å². The lowest BCUT2D eigenvalue weighted by atomic mass is 9.89. The summed E-state index contributed by atoms with van der Waals surface area (Å²) in [4.78, 5) is 15.4. The van der Waals surface area contributed by atoms with Crippen molar-refractivity contribution in [3.05, 3.63) is 52.8 Å². The number of nitrogens with zero attached hydrogens (tertiary/aromatic N) is 1. The molecule has 37 heavy (non-hydrogen) atoms. The van der Waals surface area contributed by atoms with E-state index in [1.807, 2.05) is 25.1 Å². The number of methoxy groups -OCH3 is 1. The average molecular weight is 537 g/mol. The lowest BCUT2D eigenvalue weighted by molar-refractivity contribution is -0.282. The quantitative estimate of drug-likeness (QED) is 0.458. The Bertz CT molecular complexity index is 1080. The van der Waals surface area contributed by atoms with E-state index in [0.29, 0.717) is 10.9 Å².